The Labute approximate surface area is 104 Å². The largest absolute Gasteiger partial charge is 0.484 e. The minimum absolute atomic E-state index is 0.0731. The molecule has 0 aliphatic carbocycles. The van der Waals surface area contributed by atoms with E-state index in [1.165, 1.54) is 18.2 Å². The molecule has 18 heavy (non-hydrogen) atoms. The van der Waals surface area contributed by atoms with Crippen LogP contribution in [0.25, 0.3) is 0 Å². The molecule has 0 aromatic heterocycles. The normalized spacial score (nSPS) is 9.83. The molecule has 0 atom stereocenters. The first-order chi connectivity index (χ1) is 8.63. The molecule has 0 unspecified atom stereocenters. The molecule has 1 aromatic carbocycles. The monoisotopic (exact) mass is 253 g/mol. The van der Waals surface area contributed by atoms with Gasteiger partial charge in [-0.3, -0.25) is 14.9 Å². The molecule has 0 saturated heterocycles. The lowest BCUT2D eigenvalue weighted by atomic mass is 10.3. The topological polar surface area (TPSA) is 107 Å². The van der Waals surface area contributed by atoms with E-state index in [-0.39, 0.29) is 24.0 Å². The zero-order valence-corrected chi connectivity index (χ0v) is 9.80. The van der Waals surface area contributed by atoms with Crippen molar-refractivity contribution in [3.05, 3.63) is 34.4 Å². The van der Waals surface area contributed by atoms with E-state index in [2.05, 4.69) is 5.32 Å². The number of ether oxygens (including phenoxy) is 1. The van der Waals surface area contributed by atoms with E-state index in [0.717, 1.165) is 0 Å². The van der Waals surface area contributed by atoms with Gasteiger partial charge in [-0.2, -0.15) is 0 Å². The average Bonchev–Trinajstić information content (AvgIpc) is 2.37. The van der Waals surface area contributed by atoms with Gasteiger partial charge in [0.2, 0.25) is 0 Å². The van der Waals surface area contributed by atoms with Gasteiger partial charge < -0.3 is 15.8 Å². The lowest BCUT2D eigenvalue weighted by molar-refractivity contribution is -0.384. The summed E-state index contributed by atoms with van der Waals surface area (Å²) in [6.07, 6.45) is 0.697. The van der Waals surface area contributed by atoms with Crippen molar-refractivity contribution in [3.63, 3.8) is 0 Å². The van der Waals surface area contributed by atoms with E-state index in [1.54, 1.807) is 6.07 Å². The molecule has 1 amide bonds. The highest BCUT2D eigenvalue weighted by atomic mass is 16.6. The van der Waals surface area contributed by atoms with Crippen molar-refractivity contribution < 1.29 is 14.5 Å². The summed E-state index contributed by atoms with van der Waals surface area (Å²) < 4.78 is 5.14. The number of nitrogens with zero attached hydrogens (tertiary/aromatic N) is 1. The van der Waals surface area contributed by atoms with Gasteiger partial charge in [-0.05, 0) is 19.0 Å². The van der Waals surface area contributed by atoms with Crippen LogP contribution in [0.4, 0.5) is 5.69 Å². The summed E-state index contributed by atoms with van der Waals surface area (Å²) in [6, 6.07) is 5.68. The number of nitro benzene ring substituents is 1. The maximum atomic E-state index is 11.3. The number of hydrogen-bond acceptors (Lipinski definition) is 5. The maximum Gasteiger partial charge on any atom is 0.273 e. The van der Waals surface area contributed by atoms with Gasteiger partial charge in [0.25, 0.3) is 11.6 Å². The van der Waals surface area contributed by atoms with E-state index in [1.807, 2.05) is 0 Å². The number of nitro groups is 1. The van der Waals surface area contributed by atoms with Crippen LogP contribution in [-0.2, 0) is 4.79 Å². The molecule has 0 spiro atoms. The number of amides is 1. The van der Waals surface area contributed by atoms with E-state index in [4.69, 9.17) is 10.5 Å². The van der Waals surface area contributed by atoms with Crippen LogP contribution in [0.3, 0.4) is 0 Å². The van der Waals surface area contributed by atoms with Gasteiger partial charge in [-0.1, -0.05) is 6.07 Å². The molecule has 0 aliphatic heterocycles. The summed E-state index contributed by atoms with van der Waals surface area (Å²) in [4.78, 5) is 21.3. The van der Waals surface area contributed by atoms with Crippen LogP contribution in [-0.4, -0.2) is 30.5 Å². The molecule has 7 nitrogen and oxygen atoms in total. The smallest absolute Gasteiger partial charge is 0.273 e. The molecule has 0 bridgehead atoms. The van der Waals surface area contributed by atoms with Gasteiger partial charge in [0.1, 0.15) is 5.75 Å². The molecule has 1 aromatic rings. The quantitative estimate of drug-likeness (QED) is 0.416. The molecule has 0 fully saturated rings. The number of hydrogen-bond donors (Lipinski definition) is 2. The molecule has 0 heterocycles. The van der Waals surface area contributed by atoms with E-state index >= 15 is 0 Å². The van der Waals surface area contributed by atoms with E-state index < -0.39 is 4.92 Å². The summed E-state index contributed by atoms with van der Waals surface area (Å²) in [5.74, 6) is 0.00753. The van der Waals surface area contributed by atoms with Gasteiger partial charge in [0, 0.05) is 12.6 Å². The highest BCUT2D eigenvalue weighted by molar-refractivity contribution is 5.77. The Bertz CT molecular complexity index is 423. The number of carbonyl (C=O) groups excluding carboxylic acids is 1. The number of non-ortho nitro benzene ring substituents is 1. The summed E-state index contributed by atoms with van der Waals surface area (Å²) in [5, 5.41) is 13.1. The minimum atomic E-state index is -0.520. The van der Waals surface area contributed by atoms with Crippen LogP contribution in [0.5, 0.6) is 5.75 Å². The van der Waals surface area contributed by atoms with Crippen LogP contribution in [0.15, 0.2) is 24.3 Å². The standard InChI is InChI=1S/C11H15N3O4/c12-5-2-6-13-11(15)8-18-10-4-1-3-9(7-10)14(16)17/h1,3-4,7H,2,5-6,8,12H2,(H,13,15). The highest BCUT2D eigenvalue weighted by Crippen LogP contribution is 2.18. The fourth-order valence-corrected chi connectivity index (χ4v) is 1.22. The molecule has 1 rings (SSSR count). The fourth-order valence-electron chi connectivity index (χ4n) is 1.22. The number of rotatable bonds is 7. The van der Waals surface area contributed by atoms with Crippen LogP contribution >= 0.6 is 0 Å². The summed E-state index contributed by atoms with van der Waals surface area (Å²) in [6.45, 7) is 0.825. The van der Waals surface area contributed by atoms with Crippen molar-refractivity contribution in [1.82, 2.24) is 5.32 Å². The summed E-state index contributed by atoms with van der Waals surface area (Å²) in [7, 11) is 0. The van der Waals surface area contributed by atoms with Crippen molar-refractivity contribution in [2.24, 2.45) is 5.73 Å². The average molecular weight is 253 g/mol. The lowest BCUT2D eigenvalue weighted by Crippen LogP contribution is -2.30. The molecule has 0 aliphatic rings. The molecular weight excluding hydrogens is 238 g/mol. The number of nitrogens with one attached hydrogen (secondary N) is 1. The third-order valence-corrected chi connectivity index (χ3v) is 2.10. The second-order valence-electron chi connectivity index (χ2n) is 3.54. The first-order valence-electron chi connectivity index (χ1n) is 5.47. The predicted octanol–water partition coefficient (Wildman–Crippen LogP) is 0.439. The number of carbonyl (C=O) groups is 1. The summed E-state index contributed by atoms with van der Waals surface area (Å²) >= 11 is 0. The van der Waals surface area contributed by atoms with Crippen molar-refractivity contribution in [2.45, 2.75) is 6.42 Å². The maximum absolute atomic E-state index is 11.3. The SMILES string of the molecule is NCCCNC(=O)COc1cccc([N+](=O)[O-])c1. The summed E-state index contributed by atoms with van der Waals surface area (Å²) in [5.41, 5.74) is 5.21. The molecule has 0 saturated carbocycles. The minimum Gasteiger partial charge on any atom is -0.484 e. The Morgan fingerprint density at radius 3 is 2.94 bits per heavy atom. The van der Waals surface area contributed by atoms with Gasteiger partial charge in [0.05, 0.1) is 11.0 Å². The molecular formula is C11H15N3O4. The lowest BCUT2D eigenvalue weighted by Gasteiger charge is -2.06. The predicted molar refractivity (Wildman–Crippen MR) is 65.3 cm³/mol. The highest BCUT2D eigenvalue weighted by Gasteiger charge is 2.07. The zero-order chi connectivity index (χ0) is 13.4. The van der Waals surface area contributed by atoms with Crippen LogP contribution in [0.1, 0.15) is 6.42 Å². The van der Waals surface area contributed by atoms with Crippen molar-refractivity contribution in [1.29, 1.82) is 0 Å². The Morgan fingerprint density at radius 1 is 1.50 bits per heavy atom. The fraction of sp³-hybridized carbons (Fsp3) is 0.364. The molecule has 0 radical (unpaired) electrons. The van der Waals surface area contributed by atoms with Gasteiger partial charge in [-0.25, -0.2) is 0 Å². The van der Waals surface area contributed by atoms with Crippen LogP contribution < -0.4 is 15.8 Å². The van der Waals surface area contributed by atoms with Crippen molar-refractivity contribution in [3.8, 4) is 5.75 Å². The van der Waals surface area contributed by atoms with Crippen molar-refractivity contribution in [2.75, 3.05) is 19.7 Å². The van der Waals surface area contributed by atoms with E-state index in [0.29, 0.717) is 19.5 Å². The van der Waals surface area contributed by atoms with Gasteiger partial charge >= 0.3 is 0 Å². The molecule has 7 heteroatoms. The van der Waals surface area contributed by atoms with E-state index in [9.17, 15) is 14.9 Å². The van der Waals surface area contributed by atoms with Crippen LogP contribution in [0.2, 0.25) is 0 Å². The Hall–Kier alpha value is -2.15. The Balaban J connectivity index is 2.41. The van der Waals surface area contributed by atoms with Crippen molar-refractivity contribution >= 4 is 11.6 Å². The molecule has 98 valence electrons. The Morgan fingerprint density at radius 2 is 2.28 bits per heavy atom. The Kier molecular flexibility index (Phi) is 5.59. The third-order valence-electron chi connectivity index (χ3n) is 2.10. The van der Waals surface area contributed by atoms with Gasteiger partial charge in [0.15, 0.2) is 6.61 Å². The van der Waals surface area contributed by atoms with Crippen LogP contribution in [0, 0.1) is 10.1 Å². The second-order valence-corrected chi connectivity index (χ2v) is 3.54. The van der Waals surface area contributed by atoms with Gasteiger partial charge in [-0.15, -0.1) is 0 Å². The first-order valence-corrected chi connectivity index (χ1v) is 5.47. The zero-order valence-electron chi connectivity index (χ0n) is 9.80. The third kappa shape index (κ3) is 4.79. The second kappa shape index (κ2) is 7.23. The number of nitrogens with two attached hydrogens (primary N) is 1. The number of benzene rings is 1. The first kappa shape index (κ1) is 13.9. The molecule has 3 N–H and O–H groups in total.